The van der Waals surface area contributed by atoms with E-state index in [4.69, 9.17) is 9.16 Å². The van der Waals surface area contributed by atoms with Gasteiger partial charge in [0.2, 0.25) is 0 Å². The first-order valence-corrected chi connectivity index (χ1v) is 11.1. The largest absolute Gasteiger partial charge is 0.444 e. The van der Waals surface area contributed by atoms with Crippen LogP contribution in [0.5, 0.6) is 0 Å². The van der Waals surface area contributed by atoms with Crippen LogP contribution in [0.3, 0.4) is 0 Å². The fraction of sp³-hybridized carbons (Fsp3) is 0.824. The van der Waals surface area contributed by atoms with E-state index in [0.717, 1.165) is 5.57 Å². The molecule has 1 rings (SSSR count). The topological polar surface area (TPSA) is 59.0 Å². The molecule has 1 aliphatic rings. The molecule has 1 heterocycles. The number of carbonyl (C=O) groups excluding carboxylic acids is 1. The van der Waals surface area contributed by atoms with E-state index in [1.165, 1.54) is 0 Å². The van der Waals surface area contributed by atoms with Gasteiger partial charge in [0.15, 0.2) is 8.32 Å². The number of ether oxygens (including phenoxy) is 1. The van der Waals surface area contributed by atoms with Gasteiger partial charge in [0.1, 0.15) is 5.60 Å². The standard InChI is InChI=1S/C17H33NO4Si/c1-16(2,3)21-15(20)18-10-13(12-19)9-14(11-18)22-23(7,8)17(4,5)6/h9,14,19H,10-12H2,1-8H3. The monoisotopic (exact) mass is 343 g/mol. The van der Waals surface area contributed by atoms with Crippen molar-refractivity contribution in [2.75, 3.05) is 19.7 Å². The van der Waals surface area contributed by atoms with Crippen LogP contribution in [0, 0.1) is 0 Å². The molecule has 0 aromatic heterocycles. The lowest BCUT2D eigenvalue weighted by Gasteiger charge is -2.41. The maximum absolute atomic E-state index is 12.3. The van der Waals surface area contributed by atoms with Crippen LogP contribution in [0.25, 0.3) is 0 Å². The van der Waals surface area contributed by atoms with E-state index in [1.54, 1.807) is 4.90 Å². The highest BCUT2D eigenvalue weighted by molar-refractivity contribution is 6.74. The Morgan fingerprint density at radius 1 is 1.30 bits per heavy atom. The second-order valence-corrected chi connectivity index (χ2v) is 13.5. The van der Waals surface area contributed by atoms with Gasteiger partial charge in [0.05, 0.1) is 19.3 Å². The van der Waals surface area contributed by atoms with E-state index in [2.05, 4.69) is 33.9 Å². The molecule has 1 aliphatic heterocycles. The zero-order valence-electron chi connectivity index (χ0n) is 15.9. The molecule has 1 unspecified atom stereocenters. The first-order chi connectivity index (χ1) is 10.2. The summed E-state index contributed by atoms with van der Waals surface area (Å²) in [4.78, 5) is 14.0. The lowest BCUT2D eigenvalue weighted by Crippen LogP contribution is -2.50. The third-order valence-corrected chi connectivity index (χ3v) is 8.83. The van der Waals surface area contributed by atoms with E-state index in [9.17, 15) is 9.90 Å². The van der Waals surface area contributed by atoms with Crippen molar-refractivity contribution >= 4 is 14.4 Å². The Labute approximate surface area is 141 Å². The molecule has 0 aliphatic carbocycles. The van der Waals surface area contributed by atoms with E-state index < -0.39 is 13.9 Å². The molecule has 6 heteroatoms. The Kier molecular flexibility index (Phi) is 6.10. The van der Waals surface area contributed by atoms with Crippen molar-refractivity contribution in [3.8, 4) is 0 Å². The maximum Gasteiger partial charge on any atom is 0.410 e. The molecule has 1 atom stereocenters. The van der Waals surface area contributed by atoms with E-state index >= 15 is 0 Å². The Balaban J connectivity index is 2.88. The summed E-state index contributed by atoms with van der Waals surface area (Å²) in [6.07, 6.45) is 1.40. The van der Waals surface area contributed by atoms with Gasteiger partial charge in [-0.1, -0.05) is 26.8 Å². The van der Waals surface area contributed by atoms with Crippen LogP contribution in [0.4, 0.5) is 4.79 Å². The molecule has 0 fully saturated rings. The highest BCUT2D eigenvalue weighted by atomic mass is 28.4. The first kappa shape index (κ1) is 20.2. The van der Waals surface area contributed by atoms with Gasteiger partial charge in [-0.3, -0.25) is 0 Å². The minimum atomic E-state index is -1.95. The van der Waals surface area contributed by atoms with E-state index in [0.29, 0.717) is 13.1 Å². The second-order valence-electron chi connectivity index (χ2n) is 8.76. The van der Waals surface area contributed by atoms with Crippen LogP contribution < -0.4 is 0 Å². The number of hydrogen-bond acceptors (Lipinski definition) is 4. The van der Waals surface area contributed by atoms with Gasteiger partial charge >= 0.3 is 6.09 Å². The van der Waals surface area contributed by atoms with Gasteiger partial charge in [-0.05, 0) is 44.5 Å². The zero-order valence-corrected chi connectivity index (χ0v) is 16.9. The molecule has 0 radical (unpaired) electrons. The Morgan fingerprint density at radius 3 is 2.30 bits per heavy atom. The summed E-state index contributed by atoms with van der Waals surface area (Å²) in [7, 11) is -1.95. The fourth-order valence-corrected chi connectivity index (χ4v) is 3.34. The number of carbonyl (C=O) groups is 1. The van der Waals surface area contributed by atoms with Gasteiger partial charge in [0.25, 0.3) is 0 Å². The molecule has 134 valence electrons. The summed E-state index contributed by atoms with van der Waals surface area (Å²) in [6.45, 7) is 17.3. The third-order valence-electron chi connectivity index (χ3n) is 4.32. The average Bonchev–Trinajstić information content (AvgIpc) is 2.34. The molecule has 0 bridgehead atoms. The van der Waals surface area contributed by atoms with Crippen LogP contribution in [0.2, 0.25) is 18.1 Å². The van der Waals surface area contributed by atoms with Crippen LogP contribution >= 0.6 is 0 Å². The van der Waals surface area contributed by atoms with Crippen molar-refractivity contribution in [1.29, 1.82) is 0 Å². The Bertz CT molecular complexity index is 460. The summed E-state index contributed by atoms with van der Waals surface area (Å²) in [6, 6.07) is 0. The van der Waals surface area contributed by atoms with Crippen molar-refractivity contribution in [3.05, 3.63) is 11.6 Å². The van der Waals surface area contributed by atoms with Crippen molar-refractivity contribution in [1.82, 2.24) is 4.90 Å². The molecule has 5 nitrogen and oxygen atoms in total. The molecule has 0 aromatic carbocycles. The van der Waals surface area contributed by atoms with Gasteiger partial charge in [0, 0.05) is 6.54 Å². The van der Waals surface area contributed by atoms with E-state index in [-0.39, 0.29) is 23.8 Å². The quantitative estimate of drug-likeness (QED) is 0.629. The Hall–Kier alpha value is -0.853. The number of rotatable bonds is 3. The number of nitrogens with zero attached hydrogens (tertiary/aromatic N) is 1. The number of amides is 1. The van der Waals surface area contributed by atoms with Crippen LogP contribution in [0.15, 0.2) is 11.6 Å². The predicted octanol–water partition coefficient (Wildman–Crippen LogP) is 3.55. The molecule has 0 saturated heterocycles. The Morgan fingerprint density at radius 2 is 1.87 bits per heavy atom. The normalized spacial score (nSPS) is 20.3. The fourth-order valence-electron chi connectivity index (χ4n) is 2.09. The maximum atomic E-state index is 12.3. The van der Waals surface area contributed by atoms with Crippen LogP contribution in [0.1, 0.15) is 41.5 Å². The highest BCUT2D eigenvalue weighted by Gasteiger charge is 2.40. The summed E-state index contributed by atoms with van der Waals surface area (Å²) in [5.41, 5.74) is 0.263. The summed E-state index contributed by atoms with van der Waals surface area (Å²) in [5.74, 6) is 0. The van der Waals surface area contributed by atoms with E-state index in [1.807, 2.05) is 26.8 Å². The predicted molar refractivity (Wildman–Crippen MR) is 95.0 cm³/mol. The lowest BCUT2D eigenvalue weighted by molar-refractivity contribution is 0.0182. The van der Waals surface area contributed by atoms with Crippen LogP contribution in [-0.4, -0.2) is 55.8 Å². The summed E-state index contributed by atoms with van der Waals surface area (Å²) >= 11 is 0. The van der Waals surface area contributed by atoms with Gasteiger partial charge in [-0.2, -0.15) is 0 Å². The molecule has 0 aromatic rings. The molecule has 1 amide bonds. The van der Waals surface area contributed by atoms with Gasteiger partial charge < -0.3 is 19.2 Å². The molecule has 1 N–H and O–H groups in total. The summed E-state index contributed by atoms with van der Waals surface area (Å²) in [5, 5.41) is 9.60. The van der Waals surface area contributed by atoms with Crippen molar-refractivity contribution in [2.45, 2.75) is 71.4 Å². The molecular weight excluding hydrogens is 310 g/mol. The number of hydrogen-bond donors (Lipinski definition) is 1. The van der Waals surface area contributed by atoms with Gasteiger partial charge in [-0.25, -0.2) is 4.79 Å². The smallest absolute Gasteiger partial charge is 0.410 e. The first-order valence-electron chi connectivity index (χ1n) is 8.21. The van der Waals surface area contributed by atoms with Crippen LogP contribution in [-0.2, 0) is 9.16 Å². The number of aliphatic hydroxyl groups excluding tert-OH is 1. The molecular formula is C17H33NO4Si. The average molecular weight is 344 g/mol. The van der Waals surface area contributed by atoms with Crippen molar-refractivity contribution in [3.63, 3.8) is 0 Å². The highest BCUT2D eigenvalue weighted by Crippen LogP contribution is 2.38. The van der Waals surface area contributed by atoms with Gasteiger partial charge in [-0.15, -0.1) is 0 Å². The second kappa shape index (κ2) is 6.95. The molecule has 0 saturated carbocycles. The van der Waals surface area contributed by atoms with Crippen molar-refractivity contribution in [2.24, 2.45) is 0 Å². The zero-order chi connectivity index (χ0) is 18.1. The molecule has 0 spiro atoms. The minimum Gasteiger partial charge on any atom is -0.444 e. The SMILES string of the molecule is CC(C)(C)OC(=O)N1CC(CO)=CC(O[Si](C)(C)C(C)(C)C)C1. The van der Waals surface area contributed by atoms with Crippen molar-refractivity contribution < 1.29 is 19.1 Å². The summed E-state index contributed by atoms with van der Waals surface area (Å²) < 4.78 is 11.8. The number of aliphatic hydroxyl groups is 1. The lowest BCUT2D eigenvalue weighted by atomic mass is 10.1. The third kappa shape index (κ3) is 5.93. The molecule has 23 heavy (non-hydrogen) atoms. The minimum absolute atomic E-state index is 0.0728.